The molecule has 29 heavy (non-hydrogen) atoms. The number of aryl methyl sites for hydroxylation is 1. The third-order valence-electron chi connectivity index (χ3n) is 6.18. The lowest BCUT2D eigenvalue weighted by Crippen LogP contribution is -2.37. The van der Waals surface area contributed by atoms with E-state index in [1.165, 1.54) is 11.1 Å². The van der Waals surface area contributed by atoms with Gasteiger partial charge in [-0.2, -0.15) is 5.10 Å². The minimum Gasteiger partial charge on any atom is -0.339 e. The molecule has 3 aromatic rings. The van der Waals surface area contributed by atoms with Crippen molar-refractivity contribution in [1.29, 1.82) is 0 Å². The molecule has 1 aliphatic rings. The van der Waals surface area contributed by atoms with E-state index < -0.39 is 0 Å². The Kier molecular flexibility index (Phi) is 5.67. The number of H-pyrrole nitrogens is 1. The molecular formula is C24H30N4O. The van der Waals surface area contributed by atoms with E-state index in [1.54, 1.807) is 0 Å². The van der Waals surface area contributed by atoms with Crippen molar-refractivity contribution in [3.05, 3.63) is 53.7 Å². The highest BCUT2D eigenvalue weighted by Crippen LogP contribution is 2.29. The van der Waals surface area contributed by atoms with E-state index in [2.05, 4.69) is 53.6 Å². The molecule has 1 amide bonds. The molecule has 2 aromatic carbocycles. The van der Waals surface area contributed by atoms with E-state index >= 15 is 0 Å². The summed E-state index contributed by atoms with van der Waals surface area (Å²) in [6.07, 6.45) is 6.26. The molecule has 2 atom stereocenters. The molecule has 0 saturated heterocycles. The van der Waals surface area contributed by atoms with Crippen LogP contribution in [0.2, 0.25) is 0 Å². The van der Waals surface area contributed by atoms with E-state index in [9.17, 15) is 4.79 Å². The molecule has 1 aromatic heterocycles. The van der Waals surface area contributed by atoms with Crippen LogP contribution in [0.3, 0.4) is 0 Å². The zero-order valence-corrected chi connectivity index (χ0v) is 17.5. The fourth-order valence-electron chi connectivity index (χ4n) is 4.42. The average molecular weight is 391 g/mol. The number of benzene rings is 2. The van der Waals surface area contributed by atoms with Crippen molar-refractivity contribution in [2.24, 2.45) is 0 Å². The Morgan fingerprint density at radius 2 is 2.03 bits per heavy atom. The monoisotopic (exact) mass is 390 g/mol. The molecule has 0 spiro atoms. The van der Waals surface area contributed by atoms with Crippen molar-refractivity contribution in [3.63, 3.8) is 0 Å². The third kappa shape index (κ3) is 4.06. The van der Waals surface area contributed by atoms with Crippen molar-refractivity contribution in [1.82, 2.24) is 20.4 Å². The van der Waals surface area contributed by atoms with Gasteiger partial charge in [0.15, 0.2) is 0 Å². The van der Waals surface area contributed by atoms with Gasteiger partial charge in [0.2, 0.25) is 0 Å². The number of fused-ring (bicyclic) bond motifs is 1. The Balaban J connectivity index is 1.47. The van der Waals surface area contributed by atoms with Crippen LogP contribution in [0.5, 0.6) is 0 Å². The van der Waals surface area contributed by atoms with Crippen LogP contribution < -0.4 is 5.32 Å². The second-order valence-electron chi connectivity index (χ2n) is 8.24. The van der Waals surface area contributed by atoms with Gasteiger partial charge in [-0.1, -0.05) is 19.1 Å². The van der Waals surface area contributed by atoms with Crippen molar-refractivity contribution >= 4 is 16.8 Å². The average Bonchev–Trinajstić information content (AvgIpc) is 3.39. The maximum atomic E-state index is 13.0. The Hall–Kier alpha value is -2.66. The topological polar surface area (TPSA) is 61.0 Å². The van der Waals surface area contributed by atoms with Gasteiger partial charge in [0.25, 0.3) is 5.91 Å². The van der Waals surface area contributed by atoms with Crippen LogP contribution in [-0.2, 0) is 0 Å². The predicted molar refractivity (Wildman–Crippen MR) is 118 cm³/mol. The lowest BCUT2D eigenvalue weighted by Gasteiger charge is -2.25. The first kappa shape index (κ1) is 19.6. The minimum atomic E-state index is 0.111. The van der Waals surface area contributed by atoms with Gasteiger partial charge in [0.05, 0.1) is 11.7 Å². The summed E-state index contributed by atoms with van der Waals surface area (Å²) in [5.41, 5.74) is 5.28. The van der Waals surface area contributed by atoms with Crippen LogP contribution in [0.1, 0.15) is 48.5 Å². The van der Waals surface area contributed by atoms with E-state index in [4.69, 9.17) is 0 Å². The van der Waals surface area contributed by atoms with Crippen LogP contribution in [0, 0.1) is 6.92 Å². The Bertz CT molecular complexity index is 992. The highest BCUT2D eigenvalue weighted by atomic mass is 16.2. The fourth-order valence-corrected chi connectivity index (χ4v) is 4.42. The fraction of sp³-hybridized carbons (Fsp3) is 0.417. The van der Waals surface area contributed by atoms with E-state index in [0.717, 1.165) is 54.3 Å². The number of aromatic amines is 1. The third-order valence-corrected chi connectivity index (χ3v) is 6.18. The van der Waals surface area contributed by atoms with Crippen LogP contribution in [-0.4, -0.2) is 46.7 Å². The number of rotatable bonds is 6. The number of carbonyl (C=O) groups is 1. The Morgan fingerprint density at radius 1 is 1.24 bits per heavy atom. The number of aromatic nitrogens is 2. The van der Waals surface area contributed by atoms with Crippen LogP contribution in [0.15, 0.2) is 42.6 Å². The summed E-state index contributed by atoms with van der Waals surface area (Å²) in [5, 5.41) is 11.8. The van der Waals surface area contributed by atoms with Crippen molar-refractivity contribution in [3.8, 4) is 11.1 Å². The molecule has 0 bridgehead atoms. The molecule has 4 rings (SSSR count). The van der Waals surface area contributed by atoms with Crippen molar-refractivity contribution < 1.29 is 4.79 Å². The first-order valence-corrected chi connectivity index (χ1v) is 10.6. The normalized spacial score (nSPS) is 19.0. The molecule has 0 radical (unpaired) electrons. The van der Waals surface area contributed by atoms with E-state index in [-0.39, 0.29) is 5.91 Å². The summed E-state index contributed by atoms with van der Waals surface area (Å²) < 4.78 is 0. The van der Waals surface area contributed by atoms with Gasteiger partial charge in [-0.25, -0.2) is 0 Å². The molecule has 1 aliphatic carbocycles. The lowest BCUT2D eigenvalue weighted by atomic mass is 9.97. The molecule has 5 heteroatoms. The first-order chi connectivity index (χ1) is 14.1. The van der Waals surface area contributed by atoms with Crippen LogP contribution >= 0.6 is 0 Å². The van der Waals surface area contributed by atoms with Gasteiger partial charge >= 0.3 is 0 Å². The second kappa shape index (κ2) is 8.37. The molecule has 1 heterocycles. The highest BCUT2D eigenvalue weighted by molar-refractivity contribution is 5.95. The van der Waals surface area contributed by atoms with Gasteiger partial charge in [-0.15, -0.1) is 0 Å². The van der Waals surface area contributed by atoms with E-state index in [1.807, 2.05) is 30.3 Å². The van der Waals surface area contributed by atoms with Gasteiger partial charge in [0.1, 0.15) is 0 Å². The highest BCUT2D eigenvalue weighted by Gasteiger charge is 2.29. The van der Waals surface area contributed by atoms with Crippen LogP contribution in [0.4, 0.5) is 0 Å². The minimum absolute atomic E-state index is 0.111. The summed E-state index contributed by atoms with van der Waals surface area (Å²) in [4.78, 5) is 14.9. The number of carbonyl (C=O) groups excluding carboxylic acids is 1. The zero-order valence-electron chi connectivity index (χ0n) is 17.5. The van der Waals surface area contributed by atoms with Gasteiger partial charge < -0.3 is 10.2 Å². The Labute approximate surface area is 172 Å². The summed E-state index contributed by atoms with van der Waals surface area (Å²) in [5.74, 6) is 0.111. The standard InChI is InChI=1S/C24H30N4O/c1-4-11-25-20-9-10-21(14-20)28(3)24(29)18-7-5-17(6-8-18)22-13-19-15-26-27-23(19)12-16(22)2/h5-8,12-13,15,20-21,25H,4,9-11,14H2,1-3H3,(H,26,27)/t20-,21+/m0/s1. The maximum Gasteiger partial charge on any atom is 0.253 e. The SMILES string of the molecule is CCCN[C@H]1CC[C@@H](N(C)C(=O)c2ccc(-c3cc4cn[nH]c4cc3C)cc2)C1. The lowest BCUT2D eigenvalue weighted by molar-refractivity contribution is 0.0733. The molecular weight excluding hydrogens is 360 g/mol. The molecule has 2 N–H and O–H groups in total. The molecule has 152 valence electrons. The summed E-state index contributed by atoms with van der Waals surface area (Å²) in [6.45, 7) is 5.35. The molecule has 5 nitrogen and oxygen atoms in total. The number of amides is 1. The molecule has 1 saturated carbocycles. The number of hydrogen-bond donors (Lipinski definition) is 2. The van der Waals surface area contributed by atoms with Gasteiger partial charge in [-0.3, -0.25) is 9.89 Å². The van der Waals surface area contributed by atoms with E-state index in [0.29, 0.717) is 12.1 Å². The second-order valence-corrected chi connectivity index (χ2v) is 8.24. The molecule has 1 fully saturated rings. The number of nitrogens with one attached hydrogen (secondary N) is 2. The summed E-state index contributed by atoms with van der Waals surface area (Å²) in [6, 6.07) is 13.1. The van der Waals surface area contributed by atoms with Crippen molar-refractivity contribution in [2.45, 2.75) is 51.6 Å². The quantitative estimate of drug-likeness (QED) is 0.650. The first-order valence-electron chi connectivity index (χ1n) is 10.6. The number of hydrogen-bond acceptors (Lipinski definition) is 3. The number of nitrogens with zero attached hydrogens (tertiary/aromatic N) is 2. The van der Waals surface area contributed by atoms with Crippen molar-refractivity contribution in [2.75, 3.05) is 13.6 Å². The largest absolute Gasteiger partial charge is 0.339 e. The van der Waals surface area contributed by atoms with Gasteiger partial charge in [-0.05, 0) is 80.1 Å². The maximum absolute atomic E-state index is 13.0. The van der Waals surface area contributed by atoms with Gasteiger partial charge in [0, 0.05) is 30.1 Å². The van der Waals surface area contributed by atoms with Crippen LogP contribution in [0.25, 0.3) is 22.0 Å². The molecule has 0 aliphatic heterocycles. The summed E-state index contributed by atoms with van der Waals surface area (Å²) >= 11 is 0. The smallest absolute Gasteiger partial charge is 0.253 e. The summed E-state index contributed by atoms with van der Waals surface area (Å²) in [7, 11) is 1.94. The zero-order chi connectivity index (χ0) is 20.4. The predicted octanol–water partition coefficient (Wildman–Crippen LogP) is 4.53. The Morgan fingerprint density at radius 3 is 2.79 bits per heavy atom. The molecule has 0 unspecified atom stereocenters.